The molecule has 2 rings (SSSR count). The molecular weight excluding hydrogens is 235 g/mol. The van der Waals surface area contributed by atoms with E-state index in [1.54, 1.807) is 6.92 Å². The molecule has 90 valence electrons. The highest BCUT2D eigenvalue weighted by Crippen LogP contribution is 2.24. The summed E-state index contributed by atoms with van der Waals surface area (Å²) in [5.74, 6) is -1.09. The van der Waals surface area contributed by atoms with Gasteiger partial charge >= 0.3 is 5.97 Å². The molecule has 0 atom stereocenters. The first-order valence-corrected chi connectivity index (χ1v) is 5.29. The minimum atomic E-state index is -0.575. The smallest absolute Gasteiger partial charge is 0.339 e. The zero-order valence-electron chi connectivity index (χ0n) is 9.61. The van der Waals surface area contributed by atoms with Crippen LogP contribution in [0.15, 0.2) is 24.4 Å². The Kier molecular flexibility index (Phi) is 3.20. The number of fused-ring (bicyclic) bond motifs is 1. The van der Waals surface area contributed by atoms with Crippen molar-refractivity contribution in [3.05, 3.63) is 47.2 Å². The fourth-order valence-electron chi connectivity index (χ4n) is 1.58. The fourth-order valence-corrected chi connectivity index (χ4v) is 1.58. The lowest BCUT2D eigenvalue weighted by atomic mass is 10.1. The van der Waals surface area contributed by atoms with Crippen LogP contribution in [0.4, 0.5) is 10.1 Å². The standard InChI is InChI=1S/C13H9FN2O2/c1-3-18-13(17)9-4-8-5-10(15-2)6-11(14)12(8)16-7-9/h4-7H,3H2,1H3. The molecule has 0 amide bonds. The van der Waals surface area contributed by atoms with Crippen LogP contribution < -0.4 is 0 Å². The third-order valence-electron chi connectivity index (χ3n) is 2.36. The summed E-state index contributed by atoms with van der Waals surface area (Å²) in [6, 6.07) is 4.07. The molecule has 0 saturated carbocycles. The second-order valence-corrected chi connectivity index (χ2v) is 3.56. The summed E-state index contributed by atoms with van der Waals surface area (Å²) in [6.07, 6.45) is 1.26. The van der Waals surface area contributed by atoms with Crippen molar-refractivity contribution in [1.29, 1.82) is 0 Å². The van der Waals surface area contributed by atoms with Crippen molar-refractivity contribution < 1.29 is 13.9 Å². The Hall–Kier alpha value is -2.48. The number of benzene rings is 1. The van der Waals surface area contributed by atoms with E-state index < -0.39 is 11.8 Å². The van der Waals surface area contributed by atoms with E-state index in [4.69, 9.17) is 11.3 Å². The molecule has 1 aromatic heterocycles. The van der Waals surface area contributed by atoms with Crippen LogP contribution in [0.1, 0.15) is 17.3 Å². The van der Waals surface area contributed by atoms with Crippen LogP contribution in [0.25, 0.3) is 15.7 Å². The summed E-state index contributed by atoms with van der Waals surface area (Å²) < 4.78 is 18.4. The van der Waals surface area contributed by atoms with E-state index in [0.29, 0.717) is 5.39 Å². The highest BCUT2D eigenvalue weighted by Gasteiger charge is 2.11. The SMILES string of the molecule is [C-]#[N+]c1cc(F)c2ncc(C(=O)OCC)cc2c1. The fraction of sp³-hybridized carbons (Fsp3) is 0.154. The molecule has 0 N–H and O–H groups in total. The second kappa shape index (κ2) is 4.80. The number of nitrogens with zero attached hydrogens (tertiary/aromatic N) is 2. The molecule has 4 nitrogen and oxygen atoms in total. The zero-order valence-corrected chi connectivity index (χ0v) is 9.61. The quantitative estimate of drug-likeness (QED) is 0.602. The van der Waals surface area contributed by atoms with E-state index in [-0.39, 0.29) is 23.4 Å². The predicted molar refractivity (Wildman–Crippen MR) is 63.9 cm³/mol. The molecule has 0 fully saturated rings. The maximum atomic E-state index is 13.6. The maximum absolute atomic E-state index is 13.6. The second-order valence-electron chi connectivity index (χ2n) is 3.56. The van der Waals surface area contributed by atoms with Gasteiger partial charge < -0.3 is 4.74 Å². The first kappa shape index (κ1) is 12.0. The molecule has 0 saturated heterocycles. The maximum Gasteiger partial charge on any atom is 0.339 e. The van der Waals surface area contributed by atoms with E-state index >= 15 is 0 Å². The van der Waals surface area contributed by atoms with Crippen molar-refractivity contribution in [2.24, 2.45) is 0 Å². The van der Waals surface area contributed by atoms with Crippen LogP contribution >= 0.6 is 0 Å². The molecule has 0 unspecified atom stereocenters. The number of halogens is 1. The molecule has 0 aliphatic heterocycles. The normalized spacial score (nSPS) is 10.1. The van der Waals surface area contributed by atoms with E-state index in [1.165, 1.54) is 18.3 Å². The topological polar surface area (TPSA) is 43.5 Å². The Balaban J connectivity index is 2.57. The van der Waals surface area contributed by atoms with Gasteiger partial charge in [0.25, 0.3) is 0 Å². The van der Waals surface area contributed by atoms with Crippen molar-refractivity contribution in [2.45, 2.75) is 6.92 Å². The predicted octanol–water partition coefficient (Wildman–Crippen LogP) is 3.10. The number of pyridine rings is 1. The molecule has 1 aromatic carbocycles. The highest BCUT2D eigenvalue weighted by atomic mass is 19.1. The lowest BCUT2D eigenvalue weighted by molar-refractivity contribution is 0.0526. The molecule has 18 heavy (non-hydrogen) atoms. The number of hydrogen-bond acceptors (Lipinski definition) is 3. The Labute approximate surface area is 103 Å². The largest absolute Gasteiger partial charge is 0.462 e. The Morgan fingerprint density at radius 1 is 1.50 bits per heavy atom. The summed E-state index contributed by atoms with van der Waals surface area (Å²) >= 11 is 0. The Morgan fingerprint density at radius 2 is 2.28 bits per heavy atom. The average molecular weight is 244 g/mol. The van der Waals surface area contributed by atoms with E-state index in [9.17, 15) is 9.18 Å². The Bertz CT molecular complexity index is 662. The molecule has 0 spiro atoms. The van der Waals surface area contributed by atoms with Crippen LogP contribution in [-0.4, -0.2) is 17.6 Å². The van der Waals surface area contributed by atoms with Gasteiger partial charge in [0, 0.05) is 6.20 Å². The highest BCUT2D eigenvalue weighted by molar-refractivity contribution is 5.94. The summed E-state index contributed by atoms with van der Waals surface area (Å²) in [4.78, 5) is 18.6. The molecule has 0 aliphatic rings. The first-order chi connectivity index (χ1) is 8.65. The number of ether oxygens (including phenoxy) is 1. The Morgan fingerprint density at radius 3 is 2.94 bits per heavy atom. The van der Waals surface area contributed by atoms with Gasteiger partial charge in [-0.05, 0) is 30.5 Å². The van der Waals surface area contributed by atoms with Gasteiger partial charge in [-0.15, -0.1) is 0 Å². The molecule has 2 aromatic rings. The van der Waals surface area contributed by atoms with Gasteiger partial charge in [0.15, 0.2) is 5.69 Å². The third-order valence-corrected chi connectivity index (χ3v) is 2.36. The van der Waals surface area contributed by atoms with Crippen LogP contribution in [-0.2, 0) is 4.74 Å². The number of rotatable bonds is 2. The van der Waals surface area contributed by atoms with Crippen molar-refractivity contribution >= 4 is 22.6 Å². The third kappa shape index (κ3) is 2.13. The number of esters is 1. The first-order valence-electron chi connectivity index (χ1n) is 5.29. The molecular formula is C13H9FN2O2. The van der Waals surface area contributed by atoms with Crippen LogP contribution in [0, 0.1) is 12.4 Å². The zero-order chi connectivity index (χ0) is 13.1. The van der Waals surface area contributed by atoms with Gasteiger partial charge in [0.2, 0.25) is 0 Å². The van der Waals surface area contributed by atoms with Gasteiger partial charge in [-0.1, -0.05) is 0 Å². The molecule has 0 bridgehead atoms. The van der Waals surface area contributed by atoms with Gasteiger partial charge in [0.05, 0.1) is 18.7 Å². The molecule has 1 heterocycles. The molecule has 0 aliphatic carbocycles. The lowest BCUT2D eigenvalue weighted by Gasteiger charge is -2.04. The minimum Gasteiger partial charge on any atom is -0.462 e. The van der Waals surface area contributed by atoms with E-state index in [2.05, 4.69) is 9.83 Å². The van der Waals surface area contributed by atoms with Gasteiger partial charge in [-0.2, -0.15) is 0 Å². The number of carbonyl (C=O) groups excluding carboxylic acids is 1. The van der Waals surface area contributed by atoms with Crippen LogP contribution in [0.3, 0.4) is 0 Å². The average Bonchev–Trinajstić information content (AvgIpc) is 2.38. The van der Waals surface area contributed by atoms with Gasteiger partial charge in [-0.25, -0.2) is 14.0 Å². The van der Waals surface area contributed by atoms with E-state index in [0.717, 1.165) is 6.07 Å². The van der Waals surface area contributed by atoms with Gasteiger partial charge in [0.1, 0.15) is 11.3 Å². The summed E-state index contributed by atoms with van der Waals surface area (Å²) in [6.45, 7) is 8.82. The van der Waals surface area contributed by atoms with Crippen molar-refractivity contribution in [1.82, 2.24) is 4.98 Å². The van der Waals surface area contributed by atoms with Crippen LogP contribution in [0.5, 0.6) is 0 Å². The minimum absolute atomic E-state index is 0.135. The summed E-state index contributed by atoms with van der Waals surface area (Å²) in [5, 5.41) is 0.409. The van der Waals surface area contributed by atoms with Crippen molar-refractivity contribution in [3.8, 4) is 0 Å². The van der Waals surface area contributed by atoms with Gasteiger partial charge in [-0.3, -0.25) is 4.98 Å². The number of carbonyl (C=O) groups is 1. The summed E-state index contributed by atoms with van der Waals surface area (Å²) in [5.41, 5.74) is 0.545. The number of aromatic nitrogens is 1. The van der Waals surface area contributed by atoms with E-state index in [1.807, 2.05) is 0 Å². The lowest BCUT2D eigenvalue weighted by Crippen LogP contribution is -2.05. The molecule has 0 radical (unpaired) electrons. The monoisotopic (exact) mass is 244 g/mol. The number of hydrogen-bond donors (Lipinski definition) is 0. The molecule has 5 heteroatoms. The van der Waals surface area contributed by atoms with Crippen molar-refractivity contribution in [3.63, 3.8) is 0 Å². The van der Waals surface area contributed by atoms with Crippen LogP contribution in [0.2, 0.25) is 0 Å². The van der Waals surface area contributed by atoms with Crippen molar-refractivity contribution in [2.75, 3.05) is 6.61 Å². The summed E-state index contributed by atoms with van der Waals surface area (Å²) in [7, 11) is 0.